The molecule has 0 unspecified atom stereocenters. The number of nitrogens with zero attached hydrogens (tertiary/aromatic N) is 2. The Kier molecular flexibility index (Phi) is 6.76. The van der Waals surface area contributed by atoms with Crippen molar-refractivity contribution >= 4 is 21.7 Å². The quantitative estimate of drug-likeness (QED) is 0.696. The number of aromatic nitrogens is 1. The highest BCUT2D eigenvalue weighted by molar-refractivity contribution is 7.93. The fourth-order valence-corrected chi connectivity index (χ4v) is 5.62. The van der Waals surface area contributed by atoms with E-state index < -0.39 is 20.5 Å². The van der Waals surface area contributed by atoms with Gasteiger partial charge in [-0.05, 0) is 51.0 Å². The SMILES string of the molecule is CCN(CC)C(=O)c1ccc(-c2ccc(S(=O)(=O)C3(C(N)=O)CCOCC3)cn2)cc1. The Bertz CT molecular complexity index is 1040. The molecule has 166 valence electrons. The third-order valence-electron chi connectivity index (χ3n) is 5.79. The Morgan fingerprint density at radius 1 is 1.06 bits per heavy atom. The molecule has 3 rings (SSSR count). The molecule has 0 radical (unpaired) electrons. The average molecular weight is 446 g/mol. The van der Waals surface area contributed by atoms with Crippen LogP contribution in [0.4, 0.5) is 0 Å². The number of benzene rings is 1. The van der Waals surface area contributed by atoms with Gasteiger partial charge in [0.05, 0.1) is 10.6 Å². The van der Waals surface area contributed by atoms with E-state index in [1.807, 2.05) is 13.8 Å². The van der Waals surface area contributed by atoms with E-state index in [1.165, 1.54) is 12.3 Å². The van der Waals surface area contributed by atoms with E-state index in [0.29, 0.717) is 24.3 Å². The van der Waals surface area contributed by atoms with Gasteiger partial charge in [0.25, 0.3) is 5.91 Å². The second-order valence-electron chi connectivity index (χ2n) is 7.41. The predicted octanol–water partition coefficient (Wildman–Crippen LogP) is 2.04. The van der Waals surface area contributed by atoms with Crippen molar-refractivity contribution in [3.8, 4) is 11.3 Å². The van der Waals surface area contributed by atoms with Crippen molar-refractivity contribution in [1.82, 2.24) is 9.88 Å². The maximum Gasteiger partial charge on any atom is 0.253 e. The summed E-state index contributed by atoms with van der Waals surface area (Å²) in [6.45, 7) is 5.44. The van der Waals surface area contributed by atoms with Gasteiger partial charge in [0, 0.05) is 43.6 Å². The molecule has 1 aromatic heterocycles. The summed E-state index contributed by atoms with van der Waals surface area (Å²) in [5.41, 5.74) is 7.38. The monoisotopic (exact) mass is 445 g/mol. The Hall–Kier alpha value is -2.78. The van der Waals surface area contributed by atoms with Crippen molar-refractivity contribution in [1.29, 1.82) is 0 Å². The van der Waals surface area contributed by atoms with E-state index in [0.717, 1.165) is 5.56 Å². The van der Waals surface area contributed by atoms with E-state index in [-0.39, 0.29) is 36.9 Å². The van der Waals surface area contributed by atoms with Gasteiger partial charge in [-0.1, -0.05) is 12.1 Å². The van der Waals surface area contributed by atoms with Crippen molar-refractivity contribution in [2.75, 3.05) is 26.3 Å². The summed E-state index contributed by atoms with van der Waals surface area (Å²) >= 11 is 0. The van der Waals surface area contributed by atoms with Gasteiger partial charge in [-0.25, -0.2) is 8.42 Å². The van der Waals surface area contributed by atoms with E-state index in [4.69, 9.17) is 10.5 Å². The molecule has 2 N–H and O–H groups in total. The molecule has 1 saturated heterocycles. The molecule has 1 fully saturated rings. The largest absolute Gasteiger partial charge is 0.381 e. The van der Waals surface area contributed by atoms with Gasteiger partial charge in [-0.2, -0.15) is 0 Å². The number of hydrogen-bond acceptors (Lipinski definition) is 6. The number of ether oxygens (including phenoxy) is 1. The normalized spacial score (nSPS) is 15.9. The van der Waals surface area contributed by atoms with Gasteiger partial charge in [0.1, 0.15) is 0 Å². The number of carbonyl (C=O) groups excluding carboxylic acids is 2. The van der Waals surface area contributed by atoms with Crippen LogP contribution in [0.5, 0.6) is 0 Å². The van der Waals surface area contributed by atoms with E-state index >= 15 is 0 Å². The van der Waals surface area contributed by atoms with Gasteiger partial charge in [0.15, 0.2) is 14.6 Å². The molecule has 2 heterocycles. The fraction of sp³-hybridized carbons (Fsp3) is 0.409. The second kappa shape index (κ2) is 9.15. The number of nitrogens with two attached hydrogens (primary N) is 1. The summed E-state index contributed by atoms with van der Waals surface area (Å²) in [4.78, 5) is 30.5. The predicted molar refractivity (Wildman–Crippen MR) is 116 cm³/mol. The third kappa shape index (κ3) is 4.20. The van der Waals surface area contributed by atoms with Crippen molar-refractivity contribution < 1.29 is 22.7 Å². The molecule has 1 aliphatic heterocycles. The Balaban J connectivity index is 1.86. The lowest BCUT2D eigenvalue weighted by Crippen LogP contribution is -2.53. The van der Waals surface area contributed by atoms with Crippen molar-refractivity contribution in [2.24, 2.45) is 5.73 Å². The molecule has 2 aromatic rings. The molecule has 0 saturated carbocycles. The van der Waals surface area contributed by atoms with Crippen LogP contribution in [-0.2, 0) is 19.4 Å². The van der Waals surface area contributed by atoms with Gasteiger partial charge in [-0.3, -0.25) is 14.6 Å². The van der Waals surface area contributed by atoms with Crippen LogP contribution in [0.15, 0.2) is 47.5 Å². The highest BCUT2D eigenvalue weighted by atomic mass is 32.2. The van der Waals surface area contributed by atoms with Crippen molar-refractivity contribution in [2.45, 2.75) is 36.3 Å². The molecule has 31 heavy (non-hydrogen) atoms. The van der Waals surface area contributed by atoms with Crippen LogP contribution < -0.4 is 5.73 Å². The lowest BCUT2D eigenvalue weighted by molar-refractivity contribution is -0.122. The molecule has 1 aliphatic rings. The number of carbonyl (C=O) groups is 2. The molecule has 0 atom stereocenters. The van der Waals surface area contributed by atoms with Crippen LogP contribution in [0.25, 0.3) is 11.3 Å². The molecule has 8 nitrogen and oxygen atoms in total. The maximum atomic E-state index is 13.2. The summed E-state index contributed by atoms with van der Waals surface area (Å²) in [5.74, 6) is -0.910. The summed E-state index contributed by atoms with van der Waals surface area (Å²) in [7, 11) is -4.02. The van der Waals surface area contributed by atoms with Gasteiger partial charge in [-0.15, -0.1) is 0 Å². The molecular formula is C22H27N3O5S. The van der Waals surface area contributed by atoms with E-state index in [1.54, 1.807) is 35.2 Å². The molecule has 0 aliphatic carbocycles. The molecule has 9 heteroatoms. The second-order valence-corrected chi connectivity index (χ2v) is 9.67. The minimum Gasteiger partial charge on any atom is -0.381 e. The number of amides is 2. The van der Waals surface area contributed by atoms with Crippen LogP contribution in [0.1, 0.15) is 37.0 Å². The lowest BCUT2D eigenvalue weighted by atomic mass is 9.98. The van der Waals surface area contributed by atoms with Crippen LogP contribution in [-0.4, -0.2) is 61.2 Å². The number of rotatable bonds is 7. The molecule has 2 amide bonds. The Labute approximate surface area is 182 Å². The summed E-state index contributed by atoms with van der Waals surface area (Å²) < 4.78 is 29.9. The Morgan fingerprint density at radius 3 is 2.16 bits per heavy atom. The standard InChI is InChI=1S/C22H27N3O5S/c1-3-25(4-2)20(26)17-7-5-16(6-8-17)19-10-9-18(15-24-19)31(28,29)22(21(23)27)11-13-30-14-12-22/h5-10,15H,3-4,11-14H2,1-2H3,(H2,23,27). The van der Waals surface area contributed by atoms with E-state index in [9.17, 15) is 18.0 Å². The molecule has 0 spiro atoms. The Morgan fingerprint density at radius 2 is 1.68 bits per heavy atom. The first-order valence-electron chi connectivity index (χ1n) is 10.2. The zero-order valence-corrected chi connectivity index (χ0v) is 18.5. The smallest absolute Gasteiger partial charge is 0.253 e. The number of pyridine rings is 1. The molecular weight excluding hydrogens is 418 g/mol. The lowest BCUT2D eigenvalue weighted by Gasteiger charge is -2.33. The fourth-order valence-electron chi connectivity index (χ4n) is 3.76. The highest BCUT2D eigenvalue weighted by Gasteiger charge is 2.51. The van der Waals surface area contributed by atoms with Gasteiger partial charge >= 0.3 is 0 Å². The minimum absolute atomic E-state index is 0.0223. The van der Waals surface area contributed by atoms with Crippen LogP contribution in [0.2, 0.25) is 0 Å². The zero-order chi connectivity index (χ0) is 22.6. The average Bonchev–Trinajstić information content (AvgIpc) is 2.80. The summed E-state index contributed by atoms with van der Waals surface area (Å²) in [6, 6.07) is 10.0. The van der Waals surface area contributed by atoms with Crippen LogP contribution >= 0.6 is 0 Å². The first-order chi connectivity index (χ1) is 14.8. The minimum atomic E-state index is -4.02. The summed E-state index contributed by atoms with van der Waals surface area (Å²) in [5, 5.41) is 0. The first kappa shape index (κ1) is 22.9. The first-order valence-corrected chi connectivity index (χ1v) is 11.7. The topological polar surface area (TPSA) is 120 Å². The van der Waals surface area contributed by atoms with Crippen LogP contribution in [0.3, 0.4) is 0 Å². The molecule has 1 aromatic carbocycles. The molecule has 0 bridgehead atoms. The van der Waals surface area contributed by atoms with Crippen molar-refractivity contribution in [3.63, 3.8) is 0 Å². The van der Waals surface area contributed by atoms with Crippen LogP contribution in [0, 0.1) is 0 Å². The highest BCUT2D eigenvalue weighted by Crippen LogP contribution is 2.35. The van der Waals surface area contributed by atoms with Crippen molar-refractivity contribution in [3.05, 3.63) is 48.2 Å². The number of hydrogen-bond donors (Lipinski definition) is 1. The number of sulfone groups is 1. The summed E-state index contributed by atoms with van der Waals surface area (Å²) in [6.07, 6.45) is 1.29. The van der Waals surface area contributed by atoms with Gasteiger partial charge in [0.2, 0.25) is 5.91 Å². The van der Waals surface area contributed by atoms with E-state index in [2.05, 4.69) is 4.98 Å². The maximum absolute atomic E-state index is 13.2. The third-order valence-corrected chi connectivity index (χ3v) is 8.29. The number of primary amides is 1. The zero-order valence-electron chi connectivity index (χ0n) is 17.7. The van der Waals surface area contributed by atoms with Gasteiger partial charge < -0.3 is 15.4 Å².